The van der Waals surface area contributed by atoms with Crippen LogP contribution in [0.2, 0.25) is 0 Å². The number of likely N-dealkylation sites (tertiary alicyclic amines) is 1. The monoisotopic (exact) mass is 362 g/mol. The van der Waals surface area contributed by atoms with E-state index < -0.39 is 12.2 Å². The second kappa shape index (κ2) is 7.32. The number of halogens is 2. The number of rotatable bonds is 6. The zero-order chi connectivity index (χ0) is 17.9. The molecule has 10 heteroatoms. The van der Waals surface area contributed by atoms with Gasteiger partial charge < -0.3 is 10.2 Å². The van der Waals surface area contributed by atoms with Gasteiger partial charge in [0, 0.05) is 12.7 Å². The van der Waals surface area contributed by atoms with Gasteiger partial charge in [-0.05, 0) is 38.1 Å². The van der Waals surface area contributed by atoms with Crippen LogP contribution in [0, 0.1) is 0 Å². The summed E-state index contributed by atoms with van der Waals surface area (Å²) in [5.41, 5.74) is 1.03. The normalized spacial score (nSPS) is 15.8. The highest BCUT2D eigenvalue weighted by atomic mass is 19.3. The molecule has 1 saturated heterocycles. The first-order chi connectivity index (χ1) is 12.7. The first-order valence-corrected chi connectivity index (χ1v) is 8.71. The lowest BCUT2D eigenvalue weighted by Gasteiger charge is -2.26. The van der Waals surface area contributed by atoms with Gasteiger partial charge in [-0.25, -0.2) is 8.78 Å². The zero-order valence-electron chi connectivity index (χ0n) is 14.2. The van der Waals surface area contributed by atoms with Crippen LogP contribution in [0.15, 0.2) is 24.5 Å². The molecule has 0 aliphatic carbocycles. The fourth-order valence-corrected chi connectivity index (χ4v) is 3.13. The van der Waals surface area contributed by atoms with Crippen LogP contribution in [-0.4, -0.2) is 54.1 Å². The third-order valence-electron chi connectivity index (χ3n) is 4.48. The zero-order valence-corrected chi connectivity index (χ0v) is 14.2. The molecular weight excluding hydrogens is 342 g/mol. The van der Waals surface area contributed by atoms with Gasteiger partial charge in [0.1, 0.15) is 0 Å². The van der Waals surface area contributed by atoms with Gasteiger partial charge in [-0.1, -0.05) is 6.42 Å². The average molecular weight is 362 g/mol. The fraction of sp³-hybridized carbons (Fsp3) is 0.500. The van der Waals surface area contributed by atoms with E-state index in [0.29, 0.717) is 5.82 Å². The van der Waals surface area contributed by atoms with Crippen molar-refractivity contribution in [2.24, 2.45) is 0 Å². The molecule has 0 bridgehead atoms. The third kappa shape index (κ3) is 3.64. The quantitative estimate of drug-likeness (QED) is 0.726. The van der Waals surface area contributed by atoms with E-state index in [0.717, 1.165) is 36.4 Å². The summed E-state index contributed by atoms with van der Waals surface area (Å²) in [5.74, 6) is -0.0457. The molecule has 138 valence electrons. The Bertz CT molecular complexity index is 868. The lowest BCUT2D eigenvalue weighted by molar-refractivity contribution is 0.137. The molecule has 8 nitrogen and oxygen atoms in total. The van der Waals surface area contributed by atoms with Gasteiger partial charge in [-0.3, -0.25) is 4.68 Å². The third-order valence-corrected chi connectivity index (χ3v) is 4.48. The van der Waals surface area contributed by atoms with E-state index in [4.69, 9.17) is 0 Å². The molecule has 26 heavy (non-hydrogen) atoms. The Morgan fingerprint density at radius 2 is 1.92 bits per heavy atom. The van der Waals surface area contributed by atoms with Crippen LogP contribution in [-0.2, 0) is 6.54 Å². The van der Waals surface area contributed by atoms with E-state index in [9.17, 15) is 8.78 Å². The summed E-state index contributed by atoms with van der Waals surface area (Å²) >= 11 is 0. The second-order valence-electron chi connectivity index (χ2n) is 6.37. The maximum absolute atomic E-state index is 12.9. The lowest BCUT2D eigenvalue weighted by atomic mass is 10.1. The Balaban J connectivity index is 1.41. The van der Waals surface area contributed by atoms with Crippen molar-refractivity contribution in [2.75, 3.05) is 25.0 Å². The second-order valence-corrected chi connectivity index (χ2v) is 6.37. The lowest BCUT2D eigenvalue weighted by Crippen LogP contribution is -2.32. The van der Waals surface area contributed by atoms with Crippen LogP contribution in [0.25, 0.3) is 5.65 Å². The maximum atomic E-state index is 12.9. The van der Waals surface area contributed by atoms with Crippen molar-refractivity contribution in [3.8, 4) is 0 Å². The highest BCUT2D eigenvalue weighted by Gasteiger charge is 2.17. The molecule has 1 aliphatic heterocycles. The summed E-state index contributed by atoms with van der Waals surface area (Å²) in [5, 5.41) is 18.7. The van der Waals surface area contributed by atoms with Gasteiger partial charge in [-0.2, -0.15) is 9.61 Å². The SMILES string of the molecule is FC(F)c1nnc2ccc(Nc3cnn(CCN4CCCCC4)c3)nn12. The first-order valence-electron chi connectivity index (χ1n) is 8.71. The smallest absolute Gasteiger partial charge is 0.299 e. The molecule has 4 rings (SSSR count). The van der Waals surface area contributed by atoms with Gasteiger partial charge in [0.2, 0.25) is 5.82 Å². The molecule has 1 aliphatic rings. The van der Waals surface area contributed by atoms with E-state index in [-0.39, 0.29) is 5.65 Å². The predicted octanol–water partition coefficient (Wildman–Crippen LogP) is 2.49. The molecule has 0 aromatic carbocycles. The van der Waals surface area contributed by atoms with Gasteiger partial charge in [0.15, 0.2) is 11.5 Å². The minimum absolute atomic E-state index is 0.281. The molecule has 3 aromatic heterocycles. The first kappa shape index (κ1) is 16.8. The largest absolute Gasteiger partial charge is 0.336 e. The topological polar surface area (TPSA) is 76.2 Å². The molecule has 3 aromatic rings. The number of hydrogen-bond donors (Lipinski definition) is 1. The van der Waals surface area contributed by atoms with Crippen LogP contribution in [0.5, 0.6) is 0 Å². The molecule has 4 heterocycles. The summed E-state index contributed by atoms with van der Waals surface area (Å²) < 4.78 is 28.8. The van der Waals surface area contributed by atoms with Crippen molar-refractivity contribution < 1.29 is 8.78 Å². The molecule has 0 amide bonds. The van der Waals surface area contributed by atoms with Gasteiger partial charge >= 0.3 is 0 Å². The van der Waals surface area contributed by atoms with E-state index in [1.807, 2.05) is 10.9 Å². The van der Waals surface area contributed by atoms with Crippen molar-refractivity contribution in [2.45, 2.75) is 32.2 Å². The standard InChI is InChI=1S/C16H20F2N8/c17-15(18)16-22-21-14-5-4-13(23-26(14)16)20-12-10-19-25(11-12)9-8-24-6-2-1-3-7-24/h4-5,10-11,15H,1-3,6-9H2,(H,20,23). The Labute approximate surface area is 148 Å². The number of alkyl halides is 2. The Morgan fingerprint density at radius 1 is 1.08 bits per heavy atom. The van der Waals surface area contributed by atoms with Crippen LogP contribution in [0.1, 0.15) is 31.5 Å². The predicted molar refractivity (Wildman–Crippen MR) is 91.5 cm³/mol. The van der Waals surface area contributed by atoms with Crippen LogP contribution in [0.4, 0.5) is 20.3 Å². The minimum atomic E-state index is -2.73. The number of piperidine rings is 1. The molecular formula is C16H20F2N8. The highest BCUT2D eigenvalue weighted by Crippen LogP contribution is 2.19. The van der Waals surface area contributed by atoms with Crippen molar-refractivity contribution in [1.29, 1.82) is 0 Å². The Hall–Kier alpha value is -2.62. The molecule has 0 atom stereocenters. The van der Waals surface area contributed by atoms with Crippen LogP contribution >= 0.6 is 0 Å². The molecule has 0 saturated carbocycles. The number of hydrogen-bond acceptors (Lipinski definition) is 6. The van der Waals surface area contributed by atoms with Crippen LogP contribution in [0.3, 0.4) is 0 Å². The number of nitrogens with zero attached hydrogens (tertiary/aromatic N) is 7. The summed E-state index contributed by atoms with van der Waals surface area (Å²) in [6.45, 7) is 4.10. The number of aromatic nitrogens is 6. The van der Waals surface area contributed by atoms with Crippen molar-refractivity contribution in [1.82, 2.24) is 34.5 Å². The number of anilines is 2. The fourth-order valence-electron chi connectivity index (χ4n) is 3.13. The van der Waals surface area contributed by atoms with Gasteiger partial charge in [-0.15, -0.1) is 15.3 Å². The molecule has 0 unspecified atom stereocenters. The van der Waals surface area contributed by atoms with Crippen LogP contribution < -0.4 is 5.32 Å². The summed E-state index contributed by atoms with van der Waals surface area (Å²) in [6.07, 6.45) is 4.71. The molecule has 0 radical (unpaired) electrons. The van der Waals surface area contributed by atoms with Crippen molar-refractivity contribution in [3.63, 3.8) is 0 Å². The highest BCUT2D eigenvalue weighted by molar-refractivity contribution is 5.55. The van der Waals surface area contributed by atoms with E-state index in [2.05, 4.69) is 30.6 Å². The Morgan fingerprint density at radius 3 is 2.73 bits per heavy atom. The summed E-state index contributed by atoms with van der Waals surface area (Å²) in [4.78, 5) is 2.45. The van der Waals surface area contributed by atoms with Gasteiger partial charge in [0.25, 0.3) is 6.43 Å². The molecule has 1 N–H and O–H groups in total. The summed E-state index contributed by atoms with van der Waals surface area (Å²) in [7, 11) is 0. The Kier molecular flexibility index (Phi) is 4.74. The van der Waals surface area contributed by atoms with Crippen molar-refractivity contribution >= 4 is 17.2 Å². The maximum Gasteiger partial charge on any atom is 0.299 e. The number of nitrogens with one attached hydrogen (secondary N) is 1. The minimum Gasteiger partial charge on any atom is -0.336 e. The summed E-state index contributed by atoms with van der Waals surface area (Å²) in [6, 6.07) is 3.26. The van der Waals surface area contributed by atoms with E-state index in [1.165, 1.54) is 19.3 Å². The molecule has 0 spiro atoms. The van der Waals surface area contributed by atoms with E-state index >= 15 is 0 Å². The van der Waals surface area contributed by atoms with Crippen molar-refractivity contribution in [3.05, 3.63) is 30.4 Å². The number of fused-ring (bicyclic) bond motifs is 1. The average Bonchev–Trinajstić information content (AvgIpc) is 3.27. The van der Waals surface area contributed by atoms with Gasteiger partial charge in [0.05, 0.1) is 18.4 Å². The molecule has 1 fully saturated rings. The van der Waals surface area contributed by atoms with E-state index in [1.54, 1.807) is 18.3 Å².